The van der Waals surface area contributed by atoms with Crippen LogP contribution in [-0.4, -0.2) is 50.8 Å². The molecule has 0 radical (unpaired) electrons. The molecule has 0 unspecified atom stereocenters. The van der Waals surface area contributed by atoms with Gasteiger partial charge in [0.15, 0.2) is 11.6 Å². The molecule has 188 valence electrons. The van der Waals surface area contributed by atoms with E-state index in [0.29, 0.717) is 45.6 Å². The molecule has 0 spiro atoms. The van der Waals surface area contributed by atoms with Crippen LogP contribution in [-0.2, 0) is 7.05 Å². The first-order valence-electron chi connectivity index (χ1n) is 12.1. The number of aryl methyl sites for hydroxylation is 1. The molecule has 0 saturated carbocycles. The molecule has 9 nitrogen and oxygen atoms in total. The highest BCUT2D eigenvalue weighted by atomic mass is 19.1. The Labute approximate surface area is 212 Å². The Morgan fingerprint density at radius 1 is 1.16 bits per heavy atom. The molecule has 2 N–H and O–H groups in total. The SMILES string of the molecule is C[C@@H]1CN(c2ccc(C(=O)Nc3cc(F)c4nn(C)cc4c3)c3nc(-c4ccoc4)ncc23)C[C@H](C)N1. The predicted molar refractivity (Wildman–Crippen MR) is 140 cm³/mol. The van der Waals surface area contributed by atoms with Crippen molar-refractivity contribution in [2.75, 3.05) is 23.3 Å². The lowest BCUT2D eigenvalue weighted by molar-refractivity contribution is 0.102. The van der Waals surface area contributed by atoms with Gasteiger partial charge in [0.25, 0.3) is 5.91 Å². The number of carbonyl (C=O) groups is 1. The summed E-state index contributed by atoms with van der Waals surface area (Å²) in [4.78, 5) is 25.2. The summed E-state index contributed by atoms with van der Waals surface area (Å²) in [6, 6.07) is 9.09. The van der Waals surface area contributed by atoms with Crippen LogP contribution < -0.4 is 15.5 Å². The summed E-state index contributed by atoms with van der Waals surface area (Å²) in [7, 11) is 1.72. The van der Waals surface area contributed by atoms with Gasteiger partial charge in [-0.25, -0.2) is 14.4 Å². The molecule has 6 rings (SSSR count). The normalized spacial score (nSPS) is 18.0. The molecule has 1 fully saturated rings. The topological polar surface area (TPSA) is 101 Å². The monoisotopic (exact) mass is 499 g/mol. The lowest BCUT2D eigenvalue weighted by Crippen LogP contribution is -2.54. The van der Waals surface area contributed by atoms with E-state index in [-0.39, 0.29) is 5.52 Å². The third-order valence-corrected chi connectivity index (χ3v) is 6.58. The Kier molecular flexibility index (Phi) is 5.60. The zero-order valence-corrected chi connectivity index (χ0v) is 20.7. The fourth-order valence-corrected chi connectivity index (χ4v) is 5.10. The summed E-state index contributed by atoms with van der Waals surface area (Å²) in [5.74, 6) is -0.435. The Bertz CT molecular complexity index is 1620. The molecule has 37 heavy (non-hydrogen) atoms. The van der Waals surface area contributed by atoms with Crippen molar-refractivity contribution < 1.29 is 13.6 Å². The maximum absolute atomic E-state index is 14.6. The fraction of sp³-hybridized carbons (Fsp3) is 0.259. The standard InChI is InChI=1S/C27H26FN7O2/c1-15-11-35(12-16(2)30-15)23-5-4-20(25-21(23)10-29-26(32-25)17-6-7-37-14-17)27(36)31-19-8-18-13-34(3)33-24(18)22(28)9-19/h4-10,13-16,30H,11-12H2,1-3H3,(H,31,36)/t15-,16+. The maximum atomic E-state index is 14.6. The lowest BCUT2D eigenvalue weighted by atomic mass is 10.0. The van der Waals surface area contributed by atoms with Crippen molar-refractivity contribution >= 4 is 39.1 Å². The van der Waals surface area contributed by atoms with Crippen molar-refractivity contribution in [3.05, 3.63) is 66.6 Å². The number of fused-ring (bicyclic) bond motifs is 2. The molecule has 1 saturated heterocycles. The molecule has 5 aromatic rings. The average Bonchev–Trinajstić information content (AvgIpc) is 3.52. The number of anilines is 2. The van der Waals surface area contributed by atoms with E-state index in [0.717, 1.165) is 24.2 Å². The Balaban J connectivity index is 1.43. The molecule has 0 aliphatic carbocycles. The van der Waals surface area contributed by atoms with E-state index in [9.17, 15) is 9.18 Å². The largest absolute Gasteiger partial charge is 0.472 e. The van der Waals surface area contributed by atoms with E-state index in [1.807, 2.05) is 6.07 Å². The maximum Gasteiger partial charge on any atom is 0.257 e. The molecule has 4 heterocycles. The van der Waals surface area contributed by atoms with Crippen molar-refractivity contribution in [3.8, 4) is 11.4 Å². The number of benzene rings is 2. The third-order valence-electron chi connectivity index (χ3n) is 6.58. The van der Waals surface area contributed by atoms with E-state index in [1.165, 1.54) is 10.7 Å². The van der Waals surface area contributed by atoms with Crippen LogP contribution in [0.2, 0.25) is 0 Å². The zero-order valence-electron chi connectivity index (χ0n) is 20.7. The molecular formula is C27H26FN7O2. The number of hydrogen-bond donors (Lipinski definition) is 2. The van der Waals surface area contributed by atoms with Crippen molar-refractivity contribution in [3.63, 3.8) is 0 Å². The summed E-state index contributed by atoms with van der Waals surface area (Å²) in [5, 5.41) is 11.9. The van der Waals surface area contributed by atoms with Gasteiger partial charge in [0.2, 0.25) is 0 Å². The number of amides is 1. The van der Waals surface area contributed by atoms with Crippen LogP contribution in [0.25, 0.3) is 33.2 Å². The number of hydrogen-bond acceptors (Lipinski definition) is 7. The van der Waals surface area contributed by atoms with Crippen molar-refractivity contribution in [2.45, 2.75) is 25.9 Å². The number of rotatable bonds is 4. The molecular weight excluding hydrogens is 473 g/mol. The van der Waals surface area contributed by atoms with E-state index in [4.69, 9.17) is 9.40 Å². The minimum absolute atomic E-state index is 0.257. The molecule has 1 aliphatic rings. The van der Waals surface area contributed by atoms with Crippen molar-refractivity contribution in [2.24, 2.45) is 7.05 Å². The van der Waals surface area contributed by atoms with Crippen LogP contribution in [0.15, 0.2) is 59.7 Å². The number of furan rings is 1. The highest BCUT2D eigenvalue weighted by Crippen LogP contribution is 2.32. The van der Waals surface area contributed by atoms with Crippen LogP contribution in [0.3, 0.4) is 0 Å². The van der Waals surface area contributed by atoms with Crippen LogP contribution in [0.1, 0.15) is 24.2 Å². The van der Waals surface area contributed by atoms with E-state index < -0.39 is 11.7 Å². The summed E-state index contributed by atoms with van der Waals surface area (Å²) < 4.78 is 21.4. The van der Waals surface area contributed by atoms with E-state index >= 15 is 0 Å². The fourth-order valence-electron chi connectivity index (χ4n) is 5.10. The van der Waals surface area contributed by atoms with Gasteiger partial charge in [0.05, 0.1) is 22.9 Å². The van der Waals surface area contributed by atoms with Gasteiger partial charge in [-0.3, -0.25) is 9.48 Å². The van der Waals surface area contributed by atoms with Gasteiger partial charge in [-0.2, -0.15) is 5.10 Å². The minimum Gasteiger partial charge on any atom is -0.472 e. The van der Waals surface area contributed by atoms with Crippen LogP contribution in [0.4, 0.5) is 15.8 Å². The van der Waals surface area contributed by atoms with Gasteiger partial charge < -0.3 is 20.0 Å². The van der Waals surface area contributed by atoms with Crippen molar-refractivity contribution in [1.82, 2.24) is 25.1 Å². The molecule has 3 aromatic heterocycles. The van der Waals surface area contributed by atoms with E-state index in [2.05, 4.69) is 39.5 Å². The molecule has 2 aromatic carbocycles. The van der Waals surface area contributed by atoms with Gasteiger partial charge in [-0.05, 0) is 44.2 Å². The summed E-state index contributed by atoms with van der Waals surface area (Å²) >= 11 is 0. The Morgan fingerprint density at radius 2 is 1.97 bits per heavy atom. The molecule has 1 amide bonds. The summed E-state index contributed by atoms with van der Waals surface area (Å²) in [5.41, 5.74) is 3.17. The Morgan fingerprint density at radius 3 is 2.73 bits per heavy atom. The smallest absolute Gasteiger partial charge is 0.257 e. The number of piperazine rings is 1. The van der Waals surface area contributed by atoms with Crippen LogP contribution in [0, 0.1) is 5.82 Å². The predicted octanol–water partition coefficient (Wildman–Crippen LogP) is 4.35. The molecule has 2 atom stereocenters. The van der Waals surface area contributed by atoms with Gasteiger partial charge in [0.1, 0.15) is 11.8 Å². The van der Waals surface area contributed by atoms with Crippen molar-refractivity contribution in [1.29, 1.82) is 0 Å². The first-order valence-corrected chi connectivity index (χ1v) is 12.1. The van der Waals surface area contributed by atoms with Crippen LogP contribution in [0.5, 0.6) is 0 Å². The number of nitrogens with one attached hydrogen (secondary N) is 2. The molecule has 0 bridgehead atoms. The summed E-state index contributed by atoms with van der Waals surface area (Å²) in [6.45, 7) is 5.94. The second-order valence-electron chi connectivity index (χ2n) is 9.63. The molecule has 1 aliphatic heterocycles. The number of halogens is 1. The number of carbonyl (C=O) groups excluding carboxylic acids is 1. The quantitative estimate of drug-likeness (QED) is 0.379. The average molecular weight is 500 g/mol. The Hall–Kier alpha value is -4.31. The second kappa shape index (κ2) is 8.97. The van der Waals surface area contributed by atoms with Crippen LogP contribution >= 0.6 is 0 Å². The second-order valence-corrected chi connectivity index (χ2v) is 9.63. The highest BCUT2D eigenvalue weighted by Gasteiger charge is 2.25. The van der Waals surface area contributed by atoms with E-state index in [1.54, 1.807) is 50.2 Å². The van der Waals surface area contributed by atoms with Gasteiger partial charge in [-0.15, -0.1) is 0 Å². The lowest BCUT2D eigenvalue weighted by Gasteiger charge is -2.38. The number of nitrogens with zero attached hydrogens (tertiary/aromatic N) is 5. The number of aromatic nitrogens is 4. The zero-order chi connectivity index (χ0) is 25.7. The first-order chi connectivity index (χ1) is 17.9. The third kappa shape index (κ3) is 4.29. The minimum atomic E-state index is -0.500. The van der Waals surface area contributed by atoms with Gasteiger partial charge >= 0.3 is 0 Å². The summed E-state index contributed by atoms with van der Waals surface area (Å²) in [6.07, 6.45) is 6.59. The molecule has 10 heteroatoms. The van der Waals surface area contributed by atoms with Gasteiger partial charge in [0, 0.05) is 66.8 Å². The first kappa shape index (κ1) is 23.1. The van der Waals surface area contributed by atoms with Gasteiger partial charge in [-0.1, -0.05) is 0 Å². The highest BCUT2D eigenvalue weighted by molar-refractivity contribution is 6.14.